The number of hydrogen-bond donors (Lipinski definition) is 1. The number of nitrogens with one attached hydrogen (secondary N) is 1. The third-order valence-corrected chi connectivity index (χ3v) is 4.21. The molecule has 0 aliphatic rings. The number of amides is 1. The Kier molecular flexibility index (Phi) is 6.80. The number of carbonyl (C=O) groups excluding carboxylic acids is 1. The van der Waals surface area contributed by atoms with Crippen LogP contribution in [-0.4, -0.2) is 26.7 Å². The van der Waals surface area contributed by atoms with E-state index < -0.39 is 6.61 Å². The second-order valence-corrected chi connectivity index (χ2v) is 6.05. The first-order chi connectivity index (χ1) is 11.9. The van der Waals surface area contributed by atoms with Gasteiger partial charge < -0.3 is 19.5 Å². The first-order valence-electron chi connectivity index (χ1n) is 7.18. The van der Waals surface area contributed by atoms with Gasteiger partial charge in [0.2, 0.25) is 0 Å². The molecule has 0 atom stereocenters. The lowest BCUT2D eigenvalue weighted by Crippen LogP contribution is -2.23. The maximum atomic E-state index is 12.4. The highest BCUT2D eigenvalue weighted by molar-refractivity contribution is 14.1. The van der Waals surface area contributed by atoms with E-state index in [9.17, 15) is 13.6 Å². The van der Waals surface area contributed by atoms with Gasteiger partial charge in [0, 0.05) is 10.1 Å². The van der Waals surface area contributed by atoms with Crippen molar-refractivity contribution in [2.24, 2.45) is 0 Å². The molecule has 134 valence electrons. The Hall–Kier alpha value is -2.10. The second-order valence-electron chi connectivity index (χ2n) is 4.89. The van der Waals surface area contributed by atoms with Gasteiger partial charge in [0.25, 0.3) is 5.91 Å². The molecule has 0 unspecified atom stereocenters. The topological polar surface area (TPSA) is 56.8 Å². The van der Waals surface area contributed by atoms with Crippen LogP contribution in [-0.2, 0) is 6.54 Å². The SMILES string of the molecule is COc1cc(I)c(C(=O)NCc2ccc(OC(F)F)cc2)cc1OC. The van der Waals surface area contributed by atoms with Crippen LogP contribution in [0.4, 0.5) is 8.78 Å². The Labute approximate surface area is 157 Å². The van der Waals surface area contributed by atoms with E-state index in [4.69, 9.17) is 9.47 Å². The van der Waals surface area contributed by atoms with Gasteiger partial charge in [0.05, 0.1) is 19.8 Å². The summed E-state index contributed by atoms with van der Waals surface area (Å²) in [4.78, 5) is 12.4. The molecule has 0 radical (unpaired) electrons. The number of halogens is 3. The molecule has 0 aliphatic heterocycles. The Morgan fingerprint density at radius 1 is 1.12 bits per heavy atom. The number of hydrogen-bond acceptors (Lipinski definition) is 4. The van der Waals surface area contributed by atoms with Crippen molar-refractivity contribution in [3.05, 3.63) is 51.1 Å². The third-order valence-electron chi connectivity index (χ3n) is 3.32. The fraction of sp³-hybridized carbons (Fsp3) is 0.235. The van der Waals surface area contributed by atoms with Gasteiger partial charge in [-0.2, -0.15) is 8.78 Å². The van der Waals surface area contributed by atoms with E-state index in [-0.39, 0.29) is 18.2 Å². The van der Waals surface area contributed by atoms with Crippen LogP contribution in [0.2, 0.25) is 0 Å². The zero-order valence-corrected chi connectivity index (χ0v) is 15.7. The molecule has 1 N–H and O–H groups in total. The molecule has 0 aliphatic carbocycles. The molecule has 2 aromatic rings. The zero-order valence-electron chi connectivity index (χ0n) is 13.5. The minimum Gasteiger partial charge on any atom is -0.493 e. The van der Waals surface area contributed by atoms with Crippen LogP contribution < -0.4 is 19.5 Å². The summed E-state index contributed by atoms with van der Waals surface area (Å²) in [6.45, 7) is -2.62. The van der Waals surface area contributed by atoms with Crippen molar-refractivity contribution < 1.29 is 27.8 Å². The normalized spacial score (nSPS) is 10.5. The fourth-order valence-corrected chi connectivity index (χ4v) is 2.78. The van der Waals surface area contributed by atoms with Gasteiger partial charge in [-0.05, 0) is 52.4 Å². The molecule has 25 heavy (non-hydrogen) atoms. The number of rotatable bonds is 7. The highest BCUT2D eigenvalue weighted by atomic mass is 127. The second kappa shape index (κ2) is 8.84. The largest absolute Gasteiger partial charge is 0.493 e. The summed E-state index contributed by atoms with van der Waals surface area (Å²) in [6.07, 6.45) is 0. The number of alkyl halides is 2. The van der Waals surface area contributed by atoms with Crippen molar-refractivity contribution in [2.45, 2.75) is 13.2 Å². The van der Waals surface area contributed by atoms with Crippen LogP contribution in [0.5, 0.6) is 17.2 Å². The Morgan fingerprint density at radius 2 is 1.72 bits per heavy atom. The summed E-state index contributed by atoms with van der Waals surface area (Å²) in [5.41, 5.74) is 1.21. The number of benzene rings is 2. The Bertz CT molecular complexity index is 738. The maximum Gasteiger partial charge on any atom is 0.387 e. The lowest BCUT2D eigenvalue weighted by atomic mass is 10.1. The van der Waals surface area contributed by atoms with E-state index in [1.165, 1.54) is 26.4 Å². The van der Waals surface area contributed by atoms with E-state index in [0.29, 0.717) is 20.6 Å². The van der Waals surface area contributed by atoms with Gasteiger partial charge in [-0.25, -0.2) is 0 Å². The van der Waals surface area contributed by atoms with Crippen LogP contribution in [0.25, 0.3) is 0 Å². The van der Waals surface area contributed by atoms with Crippen molar-refractivity contribution >= 4 is 28.5 Å². The monoisotopic (exact) mass is 463 g/mol. The molecule has 8 heteroatoms. The van der Waals surface area contributed by atoms with E-state index >= 15 is 0 Å². The van der Waals surface area contributed by atoms with E-state index in [0.717, 1.165) is 5.56 Å². The first kappa shape index (κ1) is 19.2. The summed E-state index contributed by atoms with van der Waals surface area (Å²) in [6, 6.07) is 9.39. The molecule has 0 heterocycles. The predicted octanol–water partition coefficient (Wildman–Crippen LogP) is 3.84. The summed E-state index contributed by atoms with van der Waals surface area (Å²) in [5.74, 6) is 0.789. The van der Waals surface area contributed by atoms with Gasteiger partial charge in [0.15, 0.2) is 11.5 Å². The highest BCUT2D eigenvalue weighted by Crippen LogP contribution is 2.31. The molecule has 2 rings (SSSR count). The minimum absolute atomic E-state index is 0.0690. The van der Waals surface area contributed by atoms with Crippen molar-refractivity contribution in [3.8, 4) is 17.2 Å². The highest BCUT2D eigenvalue weighted by Gasteiger charge is 2.15. The van der Waals surface area contributed by atoms with Crippen molar-refractivity contribution in [3.63, 3.8) is 0 Å². The first-order valence-corrected chi connectivity index (χ1v) is 8.26. The molecule has 0 bridgehead atoms. The Balaban J connectivity index is 2.05. The molecule has 1 amide bonds. The van der Waals surface area contributed by atoms with E-state index in [1.54, 1.807) is 24.3 Å². The zero-order chi connectivity index (χ0) is 18.4. The summed E-state index contributed by atoms with van der Waals surface area (Å²) >= 11 is 2.04. The fourth-order valence-electron chi connectivity index (χ4n) is 2.09. The van der Waals surface area contributed by atoms with Crippen LogP contribution in [0, 0.1) is 3.57 Å². The average Bonchev–Trinajstić information content (AvgIpc) is 2.60. The molecular formula is C17H16F2INO4. The van der Waals surface area contributed by atoms with Crippen LogP contribution in [0.15, 0.2) is 36.4 Å². The van der Waals surface area contributed by atoms with Gasteiger partial charge in [0.1, 0.15) is 5.75 Å². The lowest BCUT2D eigenvalue weighted by molar-refractivity contribution is -0.0498. The van der Waals surface area contributed by atoms with Gasteiger partial charge in [-0.1, -0.05) is 12.1 Å². The molecule has 0 aromatic heterocycles. The summed E-state index contributed by atoms with van der Waals surface area (Å²) in [7, 11) is 3.02. The number of methoxy groups -OCH3 is 2. The van der Waals surface area contributed by atoms with Gasteiger partial charge in [-0.3, -0.25) is 4.79 Å². The van der Waals surface area contributed by atoms with Gasteiger partial charge >= 0.3 is 6.61 Å². The standard InChI is InChI=1S/C17H16F2INO4/c1-23-14-7-12(13(20)8-15(14)24-2)16(22)21-9-10-3-5-11(6-4-10)25-17(18)19/h3-8,17H,9H2,1-2H3,(H,21,22). The summed E-state index contributed by atoms with van der Waals surface area (Å²) in [5, 5.41) is 2.78. The lowest BCUT2D eigenvalue weighted by Gasteiger charge is -2.12. The molecular weight excluding hydrogens is 447 g/mol. The van der Waals surface area contributed by atoms with Crippen LogP contribution in [0.3, 0.4) is 0 Å². The predicted molar refractivity (Wildman–Crippen MR) is 96.5 cm³/mol. The minimum atomic E-state index is -2.86. The van der Waals surface area contributed by atoms with Crippen LogP contribution in [0.1, 0.15) is 15.9 Å². The molecule has 0 spiro atoms. The van der Waals surface area contributed by atoms with E-state index in [1.807, 2.05) is 22.6 Å². The molecule has 0 fully saturated rings. The third kappa shape index (κ3) is 5.18. The van der Waals surface area contributed by atoms with E-state index in [2.05, 4.69) is 10.1 Å². The van der Waals surface area contributed by atoms with Crippen LogP contribution >= 0.6 is 22.6 Å². The maximum absolute atomic E-state index is 12.4. The molecule has 2 aromatic carbocycles. The molecule has 0 saturated carbocycles. The van der Waals surface area contributed by atoms with Crippen molar-refractivity contribution in [1.29, 1.82) is 0 Å². The Morgan fingerprint density at radius 3 is 2.28 bits per heavy atom. The summed E-state index contributed by atoms with van der Waals surface area (Å²) < 4.78 is 39.6. The van der Waals surface area contributed by atoms with Gasteiger partial charge in [-0.15, -0.1) is 0 Å². The average molecular weight is 463 g/mol. The van der Waals surface area contributed by atoms with Crippen molar-refractivity contribution in [2.75, 3.05) is 14.2 Å². The number of carbonyl (C=O) groups is 1. The number of ether oxygens (including phenoxy) is 3. The smallest absolute Gasteiger partial charge is 0.387 e. The van der Waals surface area contributed by atoms with Crippen molar-refractivity contribution in [1.82, 2.24) is 5.32 Å². The molecule has 0 saturated heterocycles. The quantitative estimate of drug-likeness (QED) is 0.635. The molecule has 5 nitrogen and oxygen atoms in total.